The van der Waals surface area contributed by atoms with Gasteiger partial charge in [-0.05, 0) is 165 Å². The molecule has 8 aromatic carbocycles. The Balaban J connectivity index is 0.000000125. The molecule has 9 N–H and O–H groups in total. The fourth-order valence-electron chi connectivity index (χ4n) is 16.3. The maximum absolute atomic E-state index is 13.2. The minimum absolute atomic E-state index is 0.00944. The number of anilines is 10. The number of hydrogen-bond donors (Lipinski definition) is 8. The second-order valence-corrected chi connectivity index (χ2v) is 38.7. The van der Waals surface area contributed by atoms with Gasteiger partial charge in [0, 0.05) is 260 Å². The Hall–Kier alpha value is -14.7. The summed E-state index contributed by atoms with van der Waals surface area (Å²) in [6.45, 7) is 21.3. The van der Waals surface area contributed by atoms with Crippen LogP contribution in [0.3, 0.4) is 0 Å². The SMILES string of the molecule is CC(=O)N1CCN(C(=O)c2cc3c(ccc4cnc(Nc5cc(C)cc(C)c5)nc43)s2)CC1.CC(=O)N1CCN(C(=O)c2cc3c(ccc4cnc(Nc5cccc(S(N)(=O)=O)c5)nc43)s2)CC1.CC(=O)Nc1cccc(Nc2ncc3ccc4sc(C(=O)N5CCN(C(C)=O)CC5)cc4c3n2)c1.CC(=O)Nc1cccc(Nc2ncc3ccc4sc(C(=O)N5CCNCC5)cc4c3n2)c1. The van der Waals surface area contributed by atoms with Crippen molar-refractivity contribution in [3.8, 4) is 0 Å². The van der Waals surface area contributed by atoms with Crippen molar-refractivity contribution in [2.45, 2.75) is 53.4 Å². The van der Waals surface area contributed by atoms with Gasteiger partial charge in [0.15, 0.2) is 0 Å². The largest absolute Gasteiger partial charge is 0.339 e. The first-order chi connectivity index (χ1) is 65.0. The second kappa shape index (κ2) is 40.0. The topological polar surface area (TPSA) is 424 Å². The average molecular weight is 1910 g/mol. The molecule has 4 saturated heterocycles. The van der Waals surface area contributed by atoms with E-state index in [4.69, 9.17) is 20.1 Å². The van der Waals surface area contributed by atoms with E-state index in [-0.39, 0.29) is 64.0 Å². The van der Waals surface area contributed by atoms with Gasteiger partial charge in [-0.25, -0.2) is 53.4 Å². The number of fused-ring (bicyclic) bond motifs is 12. The number of nitrogens with two attached hydrogens (primary N) is 1. The number of carbonyl (C=O) groups excluding carboxylic acids is 9. The quantitative estimate of drug-likeness (QED) is 0.0472. The van der Waals surface area contributed by atoms with Crippen LogP contribution in [0.1, 0.15) is 84.4 Å². The van der Waals surface area contributed by atoms with E-state index >= 15 is 0 Å². The van der Waals surface area contributed by atoms with Gasteiger partial charge in [0.1, 0.15) is 0 Å². The minimum Gasteiger partial charge on any atom is -0.339 e. The van der Waals surface area contributed by atoms with Gasteiger partial charge in [0.05, 0.1) is 46.5 Å². The Morgan fingerprint density at radius 3 is 0.896 bits per heavy atom. The van der Waals surface area contributed by atoms with E-state index in [1.54, 1.807) is 75.1 Å². The van der Waals surface area contributed by atoms with Crippen LogP contribution in [-0.2, 0) is 34.0 Å². The summed E-state index contributed by atoms with van der Waals surface area (Å²) in [5.41, 5.74) is 9.72. The molecule has 8 aromatic heterocycles. The fraction of sp³-hybridized carbons (Fsp3) is 0.240. The first kappa shape index (κ1) is 92.1. The highest BCUT2D eigenvalue weighted by Gasteiger charge is 2.30. The lowest BCUT2D eigenvalue weighted by atomic mass is 10.1. The highest BCUT2D eigenvalue weighted by molar-refractivity contribution is 7.89. The van der Waals surface area contributed by atoms with Crippen LogP contribution >= 0.6 is 45.3 Å². The number of aromatic nitrogens is 8. The lowest BCUT2D eigenvalue weighted by molar-refractivity contribution is -0.131. The standard InChI is InChI=1S/C25H24N6O3S.C25H25N5O2S.C23H22N6O4S2.C23H22N6O2S/c1-15(32)27-18-4-3-5-19(12-18)28-25-26-14-17-6-7-21-20(23(17)29-25)13-22(35-21)24(34)31-10-8-30(9-11-31)16(2)33;1-15-10-16(2)12-19(11-15)27-25-26-14-18-4-5-21-20(23(18)28-25)13-22(33-21)24(32)30-8-6-29(7-9-30)17(3)31;1-14(30)28-7-9-29(10-8-28)22(31)20-12-18-19(34-20)6-5-15-13-25-23(27-21(15)18)26-16-3-2-4-17(11-16)35(24,32)33;1-14(30)26-16-3-2-4-17(11-16)27-23-25-13-15-5-6-19-18(21(15)28-23)12-20(32-19)22(31)29-9-7-24-8-10-29/h3-7,12-14H,8-11H2,1-2H3,(H,27,32)(H,26,28,29);4-5,10-14H,6-9H2,1-3H3,(H,26,27,28);2-6,11-13H,7-10H2,1H3,(H2,24,32,33)(H,25,26,27);2-6,11-13,24H,7-10H2,1H3,(H,26,30)(H,25,27,28). The van der Waals surface area contributed by atoms with Crippen molar-refractivity contribution in [2.24, 2.45) is 5.14 Å². The Morgan fingerprint density at radius 2 is 0.600 bits per heavy atom. The molecule has 9 amide bonds. The Morgan fingerprint density at radius 1 is 0.326 bits per heavy atom. The molecule has 688 valence electrons. The van der Waals surface area contributed by atoms with Crippen molar-refractivity contribution in [3.63, 3.8) is 0 Å². The monoisotopic (exact) mass is 1900 g/mol. The highest BCUT2D eigenvalue weighted by Crippen LogP contribution is 2.39. The number of rotatable bonds is 15. The fourth-order valence-corrected chi connectivity index (χ4v) is 21.0. The second-order valence-electron chi connectivity index (χ2n) is 32.8. The number of piperazine rings is 4. The van der Waals surface area contributed by atoms with Gasteiger partial charge in [-0.1, -0.05) is 24.3 Å². The predicted octanol–water partition coefficient (Wildman–Crippen LogP) is 14.5. The number of carbonyl (C=O) groups is 9. The van der Waals surface area contributed by atoms with Crippen LogP contribution in [0.5, 0.6) is 0 Å². The third kappa shape index (κ3) is 21.6. The normalized spacial score (nSPS) is 14.1. The van der Waals surface area contributed by atoms with Gasteiger partial charge >= 0.3 is 0 Å². The Kier molecular flexibility index (Phi) is 27.3. The number of hydrogen-bond acceptors (Lipinski definition) is 28. The lowest BCUT2D eigenvalue weighted by Crippen LogP contribution is -2.49. The van der Waals surface area contributed by atoms with Crippen LogP contribution in [0.15, 0.2) is 193 Å². The summed E-state index contributed by atoms with van der Waals surface area (Å²) >= 11 is 5.83. The molecule has 0 atom stereocenters. The van der Waals surface area contributed by atoms with Crippen molar-refractivity contribution < 1.29 is 51.6 Å². The number of sulfonamides is 1. The summed E-state index contributed by atoms with van der Waals surface area (Å²) in [5, 5.41) is 33.9. The summed E-state index contributed by atoms with van der Waals surface area (Å²) < 4.78 is 27.2. The molecule has 4 fully saturated rings. The van der Waals surface area contributed by atoms with Crippen LogP contribution in [0.25, 0.3) is 84.0 Å². The zero-order chi connectivity index (χ0) is 94.5. The molecule has 0 spiro atoms. The van der Waals surface area contributed by atoms with Gasteiger partial charge in [-0.15, -0.1) is 45.3 Å². The van der Waals surface area contributed by atoms with Crippen LogP contribution in [0.2, 0.25) is 0 Å². The summed E-state index contributed by atoms with van der Waals surface area (Å²) in [5.74, 6) is 1.52. The van der Waals surface area contributed by atoms with E-state index in [0.717, 1.165) is 127 Å². The molecule has 4 aliphatic rings. The van der Waals surface area contributed by atoms with E-state index in [0.29, 0.717) is 134 Å². The highest BCUT2D eigenvalue weighted by atomic mass is 32.2. The zero-order valence-electron chi connectivity index (χ0n) is 74.5. The molecule has 0 saturated carbocycles. The van der Waals surface area contributed by atoms with Gasteiger partial charge in [0.25, 0.3) is 23.6 Å². The maximum Gasteiger partial charge on any atom is 0.264 e. The number of nitrogens with one attached hydrogen (secondary N) is 7. The van der Waals surface area contributed by atoms with Crippen molar-refractivity contribution >= 4 is 250 Å². The van der Waals surface area contributed by atoms with Crippen LogP contribution in [0.4, 0.5) is 57.9 Å². The third-order valence-corrected chi connectivity index (χ3v) is 28.3. The molecule has 135 heavy (non-hydrogen) atoms. The van der Waals surface area contributed by atoms with Gasteiger partial charge in [-0.2, -0.15) is 0 Å². The number of benzene rings is 8. The zero-order valence-corrected chi connectivity index (χ0v) is 78.6. The molecular formula is C96H93N23O11S5. The number of thiophene rings is 4. The summed E-state index contributed by atoms with van der Waals surface area (Å²) in [7, 11) is -3.84. The number of primary sulfonamides is 1. The van der Waals surface area contributed by atoms with Crippen molar-refractivity contribution in [1.82, 2.24) is 79.5 Å². The molecular weight excluding hydrogens is 1810 g/mol. The van der Waals surface area contributed by atoms with E-state index in [1.165, 1.54) is 89.4 Å². The molecule has 12 heterocycles. The van der Waals surface area contributed by atoms with Crippen LogP contribution < -0.4 is 42.4 Å². The molecule has 34 nitrogen and oxygen atoms in total. The molecule has 20 rings (SSSR count). The smallest absolute Gasteiger partial charge is 0.264 e. The van der Waals surface area contributed by atoms with Gasteiger partial charge < -0.3 is 71.5 Å². The first-order valence-corrected chi connectivity index (χ1v) is 48.3. The third-order valence-electron chi connectivity index (χ3n) is 23.0. The summed E-state index contributed by atoms with van der Waals surface area (Å²) in [6, 6.07) is 50.5. The number of aryl methyl sites for hydroxylation is 2. The Labute approximate surface area is 790 Å². The van der Waals surface area contributed by atoms with E-state index in [2.05, 4.69) is 94.2 Å². The minimum atomic E-state index is -3.84. The predicted molar refractivity (Wildman–Crippen MR) is 531 cm³/mol. The lowest BCUT2D eigenvalue weighted by Gasteiger charge is -2.33. The van der Waals surface area contributed by atoms with Crippen molar-refractivity contribution in [3.05, 3.63) is 219 Å². The van der Waals surface area contributed by atoms with E-state index < -0.39 is 10.0 Å². The molecule has 4 aliphatic heterocycles. The Bertz CT molecular complexity index is 7480. The molecule has 0 bridgehead atoms. The van der Waals surface area contributed by atoms with Crippen LogP contribution in [-0.4, -0.2) is 240 Å². The molecule has 16 aromatic rings. The average Bonchev–Trinajstić information content (AvgIpc) is 1.70. The van der Waals surface area contributed by atoms with E-state index in [9.17, 15) is 51.6 Å². The van der Waals surface area contributed by atoms with E-state index in [1.807, 2.05) is 131 Å². The summed E-state index contributed by atoms with van der Waals surface area (Å²) in [6.07, 6.45) is 7.01. The van der Waals surface area contributed by atoms with Crippen LogP contribution in [0, 0.1) is 13.8 Å². The van der Waals surface area contributed by atoms with Crippen molar-refractivity contribution in [1.29, 1.82) is 0 Å². The number of amides is 9. The summed E-state index contributed by atoms with van der Waals surface area (Å²) in [4.78, 5) is 162. The molecule has 39 heteroatoms. The first-order valence-electron chi connectivity index (χ1n) is 43.5. The maximum atomic E-state index is 13.2. The van der Waals surface area contributed by atoms with Gasteiger partial charge in [0.2, 0.25) is 63.4 Å². The molecule has 0 unspecified atom stereocenters. The van der Waals surface area contributed by atoms with Gasteiger partial charge in [-0.3, -0.25) is 43.2 Å². The molecule has 0 aliphatic carbocycles. The van der Waals surface area contributed by atoms with Crippen molar-refractivity contribution in [2.75, 3.05) is 137 Å². The number of nitrogens with zero attached hydrogens (tertiary/aromatic N) is 15. The molecule has 0 radical (unpaired) electrons.